The molecule has 1 rings (SSSR count). The van der Waals surface area contributed by atoms with Gasteiger partial charge in [0.1, 0.15) is 0 Å². The van der Waals surface area contributed by atoms with Gasteiger partial charge in [0.05, 0.1) is 4.87 Å². The highest BCUT2D eigenvalue weighted by molar-refractivity contribution is 6.24. The molecule has 37 heavy (non-hydrogen) atoms. The van der Waals surface area contributed by atoms with E-state index < -0.39 is 0 Å². The number of alkyl halides is 1. The average molecular weight is 533 g/mol. The normalized spacial score (nSPS) is 14.1. The summed E-state index contributed by atoms with van der Waals surface area (Å²) in [5.74, 6) is 0.580. The standard InChI is InChI=1S/C36H65Cl/c1-4-6-8-10-12-14-16-17-19-21-23-28-32-36(37,33-35-30-26-24-27-31-35)34(3)29-25-22-20-18-15-13-11-9-7-5-2/h24,26-27,30-31,34H,4-23,25,28-29,32-33H2,1-3H3. The summed E-state index contributed by atoms with van der Waals surface area (Å²) in [6.07, 6.45) is 34.4. The van der Waals surface area contributed by atoms with E-state index in [1.807, 2.05) is 0 Å². The summed E-state index contributed by atoms with van der Waals surface area (Å²) in [7, 11) is 0. The second kappa shape index (κ2) is 24.5. The molecule has 0 aromatic heterocycles. The zero-order valence-electron chi connectivity index (χ0n) is 25.5. The van der Waals surface area contributed by atoms with Gasteiger partial charge in [-0.05, 0) is 30.7 Å². The molecule has 0 radical (unpaired) electrons. The van der Waals surface area contributed by atoms with Crippen molar-refractivity contribution in [3.05, 3.63) is 35.9 Å². The Labute approximate surface area is 239 Å². The van der Waals surface area contributed by atoms with Gasteiger partial charge in [0.2, 0.25) is 0 Å². The molecule has 1 aromatic carbocycles. The topological polar surface area (TPSA) is 0 Å². The van der Waals surface area contributed by atoms with Crippen LogP contribution >= 0.6 is 11.6 Å². The first-order chi connectivity index (χ1) is 18.1. The lowest BCUT2D eigenvalue weighted by atomic mass is 9.80. The molecule has 0 nitrogen and oxygen atoms in total. The Morgan fingerprint density at radius 2 is 0.919 bits per heavy atom. The van der Waals surface area contributed by atoms with E-state index in [1.54, 1.807) is 0 Å². The first-order valence-electron chi connectivity index (χ1n) is 16.8. The van der Waals surface area contributed by atoms with Crippen LogP contribution in [0.1, 0.15) is 180 Å². The number of benzene rings is 1. The number of rotatable bonds is 27. The molecule has 0 fully saturated rings. The Hall–Kier alpha value is -0.490. The molecule has 0 bridgehead atoms. The van der Waals surface area contributed by atoms with Gasteiger partial charge < -0.3 is 0 Å². The van der Waals surface area contributed by atoms with Crippen molar-refractivity contribution in [1.29, 1.82) is 0 Å². The molecule has 1 aromatic rings. The zero-order chi connectivity index (χ0) is 26.9. The number of hydrogen-bond acceptors (Lipinski definition) is 0. The minimum absolute atomic E-state index is 0.0842. The maximum absolute atomic E-state index is 7.48. The molecular weight excluding hydrogens is 468 g/mol. The third kappa shape index (κ3) is 19.3. The van der Waals surface area contributed by atoms with Gasteiger partial charge in [-0.2, -0.15) is 0 Å². The molecule has 1 heteroatoms. The van der Waals surface area contributed by atoms with Gasteiger partial charge in [0, 0.05) is 0 Å². The van der Waals surface area contributed by atoms with E-state index in [2.05, 4.69) is 51.1 Å². The van der Waals surface area contributed by atoms with Crippen LogP contribution in [0.3, 0.4) is 0 Å². The highest BCUT2D eigenvalue weighted by Gasteiger charge is 2.33. The van der Waals surface area contributed by atoms with E-state index >= 15 is 0 Å². The second-order valence-electron chi connectivity index (χ2n) is 12.2. The fourth-order valence-electron chi connectivity index (χ4n) is 5.90. The Balaban J connectivity index is 2.26. The number of hydrogen-bond donors (Lipinski definition) is 0. The van der Waals surface area contributed by atoms with Crippen LogP contribution in [0.15, 0.2) is 30.3 Å². The van der Waals surface area contributed by atoms with Crippen molar-refractivity contribution >= 4 is 11.6 Å². The lowest BCUT2D eigenvalue weighted by Crippen LogP contribution is -2.33. The summed E-state index contributed by atoms with van der Waals surface area (Å²) in [6.45, 7) is 7.04. The van der Waals surface area contributed by atoms with Crippen LogP contribution in [0.5, 0.6) is 0 Å². The molecule has 0 aliphatic heterocycles. The Morgan fingerprint density at radius 3 is 1.35 bits per heavy atom. The molecule has 2 atom stereocenters. The lowest BCUT2D eigenvalue weighted by Gasteiger charge is -2.34. The smallest absolute Gasteiger partial charge is 0.0512 e. The predicted molar refractivity (Wildman–Crippen MR) is 170 cm³/mol. The third-order valence-corrected chi connectivity index (χ3v) is 9.36. The van der Waals surface area contributed by atoms with Crippen molar-refractivity contribution in [3.63, 3.8) is 0 Å². The molecule has 0 aliphatic rings. The SMILES string of the molecule is CCCCCCCCCCCCCCC(Cl)(Cc1ccccc1)C(C)CCCCCCCCCCCC. The van der Waals surface area contributed by atoms with Crippen LogP contribution in [0, 0.1) is 5.92 Å². The van der Waals surface area contributed by atoms with Gasteiger partial charge in [-0.15, -0.1) is 11.6 Å². The largest absolute Gasteiger partial charge is 0.119 e. The van der Waals surface area contributed by atoms with Gasteiger partial charge in [-0.3, -0.25) is 0 Å². The minimum Gasteiger partial charge on any atom is -0.119 e. The summed E-state index contributed by atoms with van der Waals surface area (Å²) in [6, 6.07) is 11.0. The molecule has 216 valence electrons. The maximum Gasteiger partial charge on any atom is 0.0512 e. The van der Waals surface area contributed by atoms with Gasteiger partial charge >= 0.3 is 0 Å². The number of halogens is 1. The van der Waals surface area contributed by atoms with Crippen LogP contribution in [0.2, 0.25) is 0 Å². The first kappa shape index (κ1) is 34.5. The molecular formula is C36H65Cl. The van der Waals surface area contributed by atoms with E-state index in [1.165, 1.54) is 160 Å². The van der Waals surface area contributed by atoms with Gasteiger partial charge in [0.15, 0.2) is 0 Å². The van der Waals surface area contributed by atoms with Crippen LogP contribution in [0.4, 0.5) is 0 Å². The number of unbranched alkanes of at least 4 members (excludes halogenated alkanes) is 20. The Kier molecular flexibility index (Phi) is 22.9. The van der Waals surface area contributed by atoms with Crippen LogP contribution in [-0.2, 0) is 6.42 Å². The fraction of sp³-hybridized carbons (Fsp3) is 0.833. The van der Waals surface area contributed by atoms with Crippen molar-refractivity contribution < 1.29 is 0 Å². The molecule has 0 aliphatic carbocycles. The van der Waals surface area contributed by atoms with E-state index in [0.29, 0.717) is 5.92 Å². The van der Waals surface area contributed by atoms with Crippen molar-refractivity contribution in [2.24, 2.45) is 5.92 Å². The monoisotopic (exact) mass is 532 g/mol. The zero-order valence-corrected chi connectivity index (χ0v) is 26.3. The third-order valence-electron chi connectivity index (χ3n) is 8.66. The van der Waals surface area contributed by atoms with Gasteiger partial charge in [-0.25, -0.2) is 0 Å². The van der Waals surface area contributed by atoms with Crippen molar-refractivity contribution in [1.82, 2.24) is 0 Å². The van der Waals surface area contributed by atoms with Crippen LogP contribution < -0.4 is 0 Å². The van der Waals surface area contributed by atoms with Gasteiger partial charge in [-0.1, -0.05) is 192 Å². The molecule has 0 spiro atoms. The summed E-state index contributed by atoms with van der Waals surface area (Å²) >= 11 is 7.48. The first-order valence-corrected chi connectivity index (χ1v) is 17.2. The van der Waals surface area contributed by atoms with Crippen molar-refractivity contribution in [3.8, 4) is 0 Å². The van der Waals surface area contributed by atoms with Crippen LogP contribution in [0.25, 0.3) is 0 Å². The van der Waals surface area contributed by atoms with Crippen molar-refractivity contribution in [2.75, 3.05) is 0 Å². The summed E-state index contributed by atoms with van der Waals surface area (Å²) in [5.41, 5.74) is 1.41. The van der Waals surface area contributed by atoms with Crippen LogP contribution in [-0.4, -0.2) is 4.87 Å². The highest BCUT2D eigenvalue weighted by atomic mass is 35.5. The summed E-state index contributed by atoms with van der Waals surface area (Å²) < 4.78 is 0. The van der Waals surface area contributed by atoms with E-state index in [9.17, 15) is 0 Å². The van der Waals surface area contributed by atoms with E-state index in [4.69, 9.17) is 11.6 Å². The molecule has 0 N–H and O–H groups in total. The highest BCUT2D eigenvalue weighted by Crippen LogP contribution is 2.38. The Bertz CT molecular complexity index is 582. The minimum atomic E-state index is -0.0842. The predicted octanol–water partition coefficient (Wildman–Crippen LogP) is 13.2. The van der Waals surface area contributed by atoms with E-state index in [0.717, 1.165) is 6.42 Å². The average Bonchev–Trinajstić information content (AvgIpc) is 2.90. The van der Waals surface area contributed by atoms with Gasteiger partial charge in [0.25, 0.3) is 0 Å². The summed E-state index contributed by atoms with van der Waals surface area (Å²) in [5, 5.41) is 0. The molecule has 0 heterocycles. The molecule has 0 saturated heterocycles. The maximum atomic E-state index is 7.48. The summed E-state index contributed by atoms with van der Waals surface area (Å²) in [4.78, 5) is -0.0842. The lowest BCUT2D eigenvalue weighted by molar-refractivity contribution is 0.326. The van der Waals surface area contributed by atoms with E-state index in [-0.39, 0.29) is 4.87 Å². The molecule has 0 amide bonds. The second-order valence-corrected chi connectivity index (χ2v) is 13.0. The fourth-order valence-corrected chi connectivity index (χ4v) is 6.30. The molecule has 2 unspecified atom stereocenters. The Morgan fingerprint density at radius 1 is 0.541 bits per heavy atom. The van der Waals surface area contributed by atoms with Crippen molar-refractivity contribution in [2.45, 2.75) is 186 Å². The molecule has 0 saturated carbocycles. The quantitative estimate of drug-likeness (QED) is 0.0780.